The zero-order chi connectivity index (χ0) is 24.6. The van der Waals surface area contributed by atoms with Gasteiger partial charge >= 0.3 is 0 Å². The van der Waals surface area contributed by atoms with Crippen molar-refractivity contribution in [3.63, 3.8) is 0 Å². The smallest absolute Gasteiger partial charge is 0.279 e. The molecule has 0 radical (unpaired) electrons. The molecule has 2 aliphatic rings. The summed E-state index contributed by atoms with van der Waals surface area (Å²) in [5, 5.41) is 0. The Labute approximate surface area is 208 Å². The van der Waals surface area contributed by atoms with E-state index < -0.39 is 15.9 Å². The number of sulfonamides is 1. The van der Waals surface area contributed by atoms with E-state index in [1.54, 1.807) is 16.4 Å². The molecule has 0 bridgehead atoms. The number of rotatable bonds is 5. The molecular weight excluding hydrogens is 486 g/mol. The van der Waals surface area contributed by atoms with Crippen LogP contribution in [-0.4, -0.2) is 49.0 Å². The van der Waals surface area contributed by atoms with Crippen LogP contribution in [0.4, 0.5) is 0 Å². The number of benzene rings is 2. The molecule has 8 nitrogen and oxygen atoms in total. The van der Waals surface area contributed by atoms with Crippen molar-refractivity contribution in [2.24, 2.45) is 4.99 Å². The van der Waals surface area contributed by atoms with E-state index in [-0.39, 0.29) is 10.9 Å². The number of carbonyl (C=O) groups excluding carboxylic acids is 1. The van der Waals surface area contributed by atoms with E-state index >= 15 is 0 Å². The van der Waals surface area contributed by atoms with Gasteiger partial charge in [-0.2, -0.15) is 9.30 Å². The summed E-state index contributed by atoms with van der Waals surface area (Å²) in [6.45, 7) is 6.27. The maximum absolute atomic E-state index is 13.1. The molecule has 5 rings (SSSR count). The first kappa shape index (κ1) is 24.0. The van der Waals surface area contributed by atoms with Crippen molar-refractivity contribution in [1.82, 2.24) is 8.87 Å². The first-order valence-corrected chi connectivity index (χ1v) is 14.3. The Hall–Kier alpha value is -2.69. The largest absolute Gasteiger partial charge is 0.486 e. The molecule has 3 heterocycles. The van der Waals surface area contributed by atoms with Crippen molar-refractivity contribution in [3.05, 3.63) is 46.8 Å². The lowest BCUT2D eigenvalue weighted by atomic mass is 10.1. The lowest BCUT2D eigenvalue weighted by Gasteiger charge is -2.32. The summed E-state index contributed by atoms with van der Waals surface area (Å²) in [5.41, 5.74) is 1.30. The predicted octanol–water partition coefficient (Wildman–Crippen LogP) is 4.19. The Morgan fingerprint density at radius 1 is 1.11 bits per heavy atom. The summed E-state index contributed by atoms with van der Waals surface area (Å²) >= 11 is 1.42. The minimum Gasteiger partial charge on any atom is -0.486 e. The topological polar surface area (TPSA) is 90.2 Å². The maximum atomic E-state index is 13.1. The quantitative estimate of drug-likeness (QED) is 0.508. The minimum absolute atomic E-state index is 0.0199. The lowest BCUT2D eigenvalue weighted by Crippen LogP contribution is -2.41. The fourth-order valence-electron chi connectivity index (χ4n) is 4.62. The number of aryl methyl sites for hydroxylation is 1. The molecular formula is C25H29N3O5S2. The second-order valence-corrected chi connectivity index (χ2v) is 11.8. The van der Waals surface area contributed by atoms with E-state index in [2.05, 4.69) is 11.9 Å². The molecule has 0 saturated carbocycles. The Morgan fingerprint density at radius 3 is 2.51 bits per heavy atom. The first-order chi connectivity index (χ1) is 16.9. The summed E-state index contributed by atoms with van der Waals surface area (Å²) in [6, 6.07) is 9.97. The van der Waals surface area contributed by atoms with Crippen molar-refractivity contribution in [2.45, 2.75) is 57.0 Å². The van der Waals surface area contributed by atoms with Crippen LogP contribution in [0.15, 0.2) is 46.3 Å². The van der Waals surface area contributed by atoms with Gasteiger partial charge in [0.05, 0.1) is 15.1 Å². The van der Waals surface area contributed by atoms with Crippen LogP contribution in [0.2, 0.25) is 0 Å². The zero-order valence-electron chi connectivity index (χ0n) is 19.9. The van der Waals surface area contributed by atoms with E-state index in [9.17, 15) is 13.2 Å². The highest BCUT2D eigenvalue weighted by atomic mass is 32.2. The van der Waals surface area contributed by atoms with Crippen molar-refractivity contribution < 1.29 is 22.7 Å². The standard InChI is InChI=1S/C25H29N3O5S2/c1-3-11-27-20-15-21-22(33-14-13-32-21)16-23(20)34-25(27)26-24(29)18-7-9-19(10-8-18)35(30,31)28-12-5-4-6-17(28)2/h7-10,15-17H,3-6,11-14H2,1-2H3. The molecule has 3 aromatic rings. The summed E-state index contributed by atoms with van der Waals surface area (Å²) in [4.78, 5) is 18.2. The molecule has 186 valence electrons. The third-order valence-corrected chi connectivity index (χ3v) is 9.51. The van der Waals surface area contributed by atoms with Crippen molar-refractivity contribution in [2.75, 3.05) is 19.8 Å². The van der Waals surface area contributed by atoms with Crippen LogP contribution in [0.3, 0.4) is 0 Å². The molecule has 1 atom stereocenters. The Kier molecular flexibility index (Phi) is 6.69. The maximum Gasteiger partial charge on any atom is 0.279 e. The van der Waals surface area contributed by atoms with Gasteiger partial charge in [-0.25, -0.2) is 8.42 Å². The molecule has 35 heavy (non-hydrogen) atoms. The van der Waals surface area contributed by atoms with Gasteiger partial charge in [0.25, 0.3) is 5.91 Å². The Bertz CT molecular complexity index is 1420. The SMILES string of the molecule is CCCn1c(=NC(=O)c2ccc(S(=O)(=O)N3CCCCC3C)cc2)sc2cc3c(cc21)OCCO3. The van der Waals surface area contributed by atoms with Crippen LogP contribution in [0, 0.1) is 0 Å². The number of fused-ring (bicyclic) bond motifs is 2. The van der Waals surface area contributed by atoms with E-state index in [4.69, 9.17) is 9.47 Å². The van der Waals surface area contributed by atoms with Gasteiger partial charge in [-0.3, -0.25) is 4.79 Å². The van der Waals surface area contributed by atoms with Gasteiger partial charge in [-0.05, 0) is 50.5 Å². The lowest BCUT2D eigenvalue weighted by molar-refractivity contribution is 0.0997. The Balaban J connectivity index is 1.46. The van der Waals surface area contributed by atoms with Crippen molar-refractivity contribution in [3.8, 4) is 11.5 Å². The van der Waals surface area contributed by atoms with Crippen molar-refractivity contribution in [1.29, 1.82) is 0 Å². The number of carbonyl (C=O) groups is 1. The highest BCUT2D eigenvalue weighted by Gasteiger charge is 2.31. The van der Waals surface area contributed by atoms with Gasteiger partial charge in [0.15, 0.2) is 16.3 Å². The molecule has 1 aromatic heterocycles. The third kappa shape index (κ3) is 4.62. The van der Waals surface area contributed by atoms with Crippen LogP contribution >= 0.6 is 11.3 Å². The number of hydrogen-bond donors (Lipinski definition) is 0. The van der Waals surface area contributed by atoms with Gasteiger partial charge in [0.1, 0.15) is 13.2 Å². The molecule has 0 N–H and O–H groups in total. The predicted molar refractivity (Wildman–Crippen MR) is 135 cm³/mol. The van der Waals surface area contributed by atoms with Gasteiger partial charge in [0.2, 0.25) is 10.0 Å². The number of amides is 1. The fourth-order valence-corrected chi connectivity index (χ4v) is 7.38. The fraction of sp³-hybridized carbons (Fsp3) is 0.440. The summed E-state index contributed by atoms with van der Waals surface area (Å²) in [6.07, 6.45) is 3.65. The van der Waals surface area contributed by atoms with Gasteiger partial charge in [-0.1, -0.05) is 24.7 Å². The minimum atomic E-state index is -3.59. The molecule has 0 aliphatic carbocycles. The molecule has 2 aromatic carbocycles. The highest BCUT2D eigenvalue weighted by molar-refractivity contribution is 7.89. The average molecular weight is 516 g/mol. The van der Waals surface area contributed by atoms with E-state index in [1.165, 1.54) is 23.5 Å². The Morgan fingerprint density at radius 2 is 1.83 bits per heavy atom. The molecule has 1 amide bonds. The number of nitrogens with zero attached hydrogens (tertiary/aromatic N) is 3. The molecule has 2 aliphatic heterocycles. The van der Waals surface area contributed by atoms with Crippen LogP contribution < -0.4 is 14.3 Å². The monoisotopic (exact) mass is 515 g/mol. The number of piperidine rings is 1. The second-order valence-electron chi connectivity index (χ2n) is 8.90. The van der Waals surface area contributed by atoms with E-state index in [0.29, 0.717) is 48.2 Å². The van der Waals surface area contributed by atoms with E-state index in [0.717, 1.165) is 35.9 Å². The molecule has 1 fully saturated rings. The zero-order valence-corrected chi connectivity index (χ0v) is 21.5. The van der Waals surface area contributed by atoms with E-state index in [1.807, 2.05) is 23.6 Å². The molecule has 1 unspecified atom stereocenters. The summed E-state index contributed by atoms with van der Waals surface area (Å²) < 4.78 is 42.2. The van der Waals surface area contributed by atoms with Gasteiger partial charge < -0.3 is 14.0 Å². The summed E-state index contributed by atoms with van der Waals surface area (Å²) in [5.74, 6) is 0.990. The highest BCUT2D eigenvalue weighted by Crippen LogP contribution is 2.35. The van der Waals surface area contributed by atoms with Crippen LogP contribution in [0.25, 0.3) is 10.2 Å². The van der Waals surface area contributed by atoms with Crippen LogP contribution in [0.1, 0.15) is 49.9 Å². The second kappa shape index (κ2) is 9.75. The first-order valence-electron chi connectivity index (χ1n) is 12.0. The summed E-state index contributed by atoms with van der Waals surface area (Å²) in [7, 11) is -3.59. The van der Waals surface area contributed by atoms with Crippen molar-refractivity contribution >= 4 is 37.5 Å². The van der Waals surface area contributed by atoms with Crippen LogP contribution in [0.5, 0.6) is 11.5 Å². The third-order valence-electron chi connectivity index (χ3n) is 6.44. The number of hydrogen-bond acceptors (Lipinski definition) is 6. The number of aromatic nitrogens is 1. The molecule has 10 heteroatoms. The average Bonchev–Trinajstić information content (AvgIpc) is 3.18. The molecule has 0 spiro atoms. The number of ether oxygens (including phenoxy) is 2. The van der Waals surface area contributed by atoms with Gasteiger partial charge in [0, 0.05) is 36.8 Å². The van der Waals surface area contributed by atoms with Gasteiger partial charge in [-0.15, -0.1) is 0 Å². The number of thiazole rings is 1. The normalized spacial score (nSPS) is 19.3. The molecule has 1 saturated heterocycles. The van der Waals surface area contributed by atoms with Crippen LogP contribution in [-0.2, 0) is 16.6 Å².